The highest BCUT2D eigenvalue weighted by Gasteiger charge is 2.40. The van der Waals surface area contributed by atoms with Gasteiger partial charge in [-0.2, -0.15) is 0 Å². The molecule has 1 unspecified atom stereocenters. The van der Waals surface area contributed by atoms with E-state index in [2.05, 4.69) is 4.90 Å². The third kappa shape index (κ3) is 3.41. The lowest BCUT2D eigenvalue weighted by molar-refractivity contribution is -0.151. The summed E-state index contributed by atoms with van der Waals surface area (Å²) in [6.07, 6.45) is 2.53. The second-order valence-electron chi connectivity index (χ2n) is 5.55. The van der Waals surface area contributed by atoms with Gasteiger partial charge in [0, 0.05) is 19.7 Å². The van der Waals surface area contributed by atoms with Gasteiger partial charge in [0.1, 0.15) is 0 Å². The Morgan fingerprint density at radius 1 is 1.47 bits per heavy atom. The lowest BCUT2D eigenvalue weighted by Crippen LogP contribution is -2.55. The molecule has 2 rings (SSSR count). The molecule has 4 nitrogen and oxygen atoms in total. The van der Waals surface area contributed by atoms with Crippen molar-refractivity contribution in [3.05, 3.63) is 0 Å². The van der Waals surface area contributed by atoms with E-state index >= 15 is 0 Å². The lowest BCUT2D eigenvalue weighted by Gasteiger charge is -2.45. The van der Waals surface area contributed by atoms with Crippen LogP contribution < -0.4 is 0 Å². The zero-order valence-electron chi connectivity index (χ0n) is 10.9. The number of piperidine rings is 1. The molecule has 0 aromatic rings. The number of likely N-dealkylation sites (tertiary alicyclic amines) is 1. The summed E-state index contributed by atoms with van der Waals surface area (Å²) in [6, 6.07) is 0. The Morgan fingerprint density at radius 2 is 2.29 bits per heavy atom. The number of rotatable bonds is 6. The third-order valence-electron chi connectivity index (χ3n) is 3.87. The molecule has 0 bridgehead atoms. The molecule has 2 fully saturated rings. The van der Waals surface area contributed by atoms with Gasteiger partial charge in [-0.1, -0.05) is 0 Å². The molecule has 0 radical (unpaired) electrons. The van der Waals surface area contributed by atoms with Crippen LogP contribution in [0.5, 0.6) is 0 Å². The third-order valence-corrected chi connectivity index (χ3v) is 3.87. The minimum Gasteiger partial charge on any atom is -0.396 e. The molecule has 1 atom stereocenters. The maximum Gasteiger partial charge on any atom is 0.0579 e. The molecule has 0 aliphatic carbocycles. The Labute approximate surface area is 104 Å². The minimum absolute atomic E-state index is 0.0213. The number of aliphatic hydroxyl groups excluding tert-OH is 1. The summed E-state index contributed by atoms with van der Waals surface area (Å²) < 4.78 is 10.8. The van der Waals surface area contributed by atoms with Crippen LogP contribution in [0.25, 0.3) is 0 Å². The number of nitrogens with zero attached hydrogens (tertiary/aromatic N) is 1. The second-order valence-corrected chi connectivity index (χ2v) is 5.55. The number of hydrogen-bond acceptors (Lipinski definition) is 4. The summed E-state index contributed by atoms with van der Waals surface area (Å²) in [5, 5.41) is 9.44. The fourth-order valence-corrected chi connectivity index (χ4v) is 2.81. The predicted molar refractivity (Wildman–Crippen MR) is 66.0 cm³/mol. The van der Waals surface area contributed by atoms with Gasteiger partial charge in [0.25, 0.3) is 0 Å². The zero-order chi connectivity index (χ0) is 12.1. The van der Waals surface area contributed by atoms with Crippen LogP contribution in [0.2, 0.25) is 0 Å². The molecule has 0 spiro atoms. The average Bonchev–Trinajstić information content (AvgIpc) is 2.32. The van der Waals surface area contributed by atoms with Gasteiger partial charge in [-0.25, -0.2) is 0 Å². The van der Waals surface area contributed by atoms with Gasteiger partial charge in [0.05, 0.1) is 31.8 Å². The Hall–Kier alpha value is -0.160. The highest BCUT2D eigenvalue weighted by atomic mass is 16.5. The predicted octanol–water partition coefficient (Wildman–Crippen LogP) is 0.744. The monoisotopic (exact) mass is 243 g/mol. The van der Waals surface area contributed by atoms with E-state index in [-0.39, 0.29) is 12.0 Å². The summed E-state index contributed by atoms with van der Waals surface area (Å²) in [6.45, 7) is 8.68. The summed E-state index contributed by atoms with van der Waals surface area (Å²) in [4.78, 5) is 2.48. The summed E-state index contributed by atoms with van der Waals surface area (Å²) in [5.74, 6) is 0.667. The molecule has 2 saturated heterocycles. The van der Waals surface area contributed by atoms with Crippen molar-refractivity contribution in [1.82, 2.24) is 4.90 Å². The lowest BCUT2D eigenvalue weighted by atomic mass is 9.85. The van der Waals surface area contributed by atoms with Crippen LogP contribution >= 0.6 is 0 Å². The molecule has 0 saturated carbocycles. The van der Waals surface area contributed by atoms with Crippen LogP contribution in [0, 0.1) is 11.3 Å². The highest BCUT2D eigenvalue weighted by molar-refractivity contribution is 4.89. The van der Waals surface area contributed by atoms with Gasteiger partial charge in [0.15, 0.2) is 0 Å². The number of aliphatic hydroxyl groups is 1. The molecular weight excluding hydrogens is 218 g/mol. The van der Waals surface area contributed by atoms with Gasteiger partial charge in [-0.05, 0) is 32.2 Å². The van der Waals surface area contributed by atoms with Crippen molar-refractivity contribution in [2.24, 2.45) is 11.3 Å². The maximum absolute atomic E-state index is 9.44. The first-order valence-corrected chi connectivity index (χ1v) is 6.77. The quantitative estimate of drug-likeness (QED) is 0.747. The Bertz CT molecular complexity index is 225. The zero-order valence-corrected chi connectivity index (χ0v) is 10.9. The molecule has 0 aromatic carbocycles. The van der Waals surface area contributed by atoms with Gasteiger partial charge < -0.3 is 19.5 Å². The normalized spacial score (nSPS) is 28.9. The number of ether oxygens (including phenoxy) is 2. The fourth-order valence-electron chi connectivity index (χ4n) is 2.81. The van der Waals surface area contributed by atoms with Crippen molar-refractivity contribution in [1.29, 1.82) is 0 Å². The van der Waals surface area contributed by atoms with E-state index in [9.17, 15) is 5.11 Å². The topological polar surface area (TPSA) is 41.9 Å². The first-order chi connectivity index (χ1) is 8.28. The first kappa shape index (κ1) is 13.3. The van der Waals surface area contributed by atoms with E-state index in [1.807, 2.05) is 6.92 Å². The van der Waals surface area contributed by atoms with Crippen molar-refractivity contribution in [3.63, 3.8) is 0 Å². The molecule has 4 heteroatoms. The standard InChI is InChI=1S/C13H25NO3/c1-2-16-7-12-4-3-5-14(6-12)8-13(9-15)10-17-11-13/h12,15H,2-11H2,1H3. The first-order valence-electron chi connectivity index (χ1n) is 6.77. The van der Waals surface area contributed by atoms with Crippen LogP contribution in [0.4, 0.5) is 0 Å². The largest absolute Gasteiger partial charge is 0.396 e. The van der Waals surface area contributed by atoms with E-state index in [0.29, 0.717) is 5.92 Å². The van der Waals surface area contributed by atoms with Crippen LogP contribution in [-0.4, -0.2) is 62.7 Å². The SMILES string of the molecule is CCOCC1CCCN(CC2(CO)COC2)C1. The minimum atomic E-state index is 0.0213. The van der Waals surface area contributed by atoms with Gasteiger partial charge in [0.2, 0.25) is 0 Å². The molecule has 100 valence electrons. The summed E-state index contributed by atoms with van der Waals surface area (Å²) in [5.41, 5.74) is 0.0213. The highest BCUT2D eigenvalue weighted by Crippen LogP contribution is 2.29. The molecule has 17 heavy (non-hydrogen) atoms. The average molecular weight is 243 g/mol. The van der Waals surface area contributed by atoms with Crippen LogP contribution in [0.3, 0.4) is 0 Å². The van der Waals surface area contributed by atoms with Gasteiger partial charge in [-0.3, -0.25) is 0 Å². The molecule has 1 N–H and O–H groups in total. The van der Waals surface area contributed by atoms with Crippen molar-refractivity contribution < 1.29 is 14.6 Å². The van der Waals surface area contributed by atoms with Crippen molar-refractivity contribution in [2.75, 3.05) is 52.7 Å². The Balaban J connectivity index is 1.76. The smallest absolute Gasteiger partial charge is 0.0579 e. The Morgan fingerprint density at radius 3 is 2.88 bits per heavy atom. The molecule has 0 amide bonds. The van der Waals surface area contributed by atoms with Crippen molar-refractivity contribution >= 4 is 0 Å². The molecule has 2 aliphatic rings. The van der Waals surface area contributed by atoms with Gasteiger partial charge in [-0.15, -0.1) is 0 Å². The molecular formula is C13H25NO3. The molecule has 2 aliphatic heterocycles. The van der Waals surface area contributed by atoms with Crippen molar-refractivity contribution in [3.8, 4) is 0 Å². The summed E-state index contributed by atoms with van der Waals surface area (Å²) >= 11 is 0. The molecule has 0 aromatic heterocycles. The number of hydrogen-bond donors (Lipinski definition) is 1. The van der Waals surface area contributed by atoms with E-state index in [0.717, 1.165) is 46.1 Å². The van der Waals surface area contributed by atoms with Crippen LogP contribution in [0.15, 0.2) is 0 Å². The van der Waals surface area contributed by atoms with Crippen molar-refractivity contribution in [2.45, 2.75) is 19.8 Å². The van der Waals surface area contributed by atoms with E-state index in [1.165, 1.54) is 12.8 Å². The van der Waals surface area contributed by atoms with E-state index < -0.39 is 0 Å². The summed E-state index contributed by atoms with van der Waals surface area (Å²) in [7, 11) is 0. The van der Waals surface area contributed by atoms with E-state index in [4.69, 9.17) is 9.47 Å². The maximum atomic E-state index is 9.44. The fraction of sp³-hybridized carbons (Fsp3) is 1.00. The van der Waals surface area contributed by atoms with Gasteiger partial charge >= 0.3 is 0 Å². The Kier molecular flexibility index (Phi) is 4.79. The van der Waals surface area contributed by atoms with E-state index in [1.54, 1.807) is 0 Å². The second kappa shape index (κ2) is 6.14. The van der Waals surface area contributed by atoms with Crippen LogP contribution in [0.1, 0.15) is 19.8 Å². The van der Waals surface area contributed by atoms with Crippen LogP contribution in [-0.2, 0) is 9.47 Å². The molecule has 2 heterocycles.